The molecule has 1 heterocycles. The normalized spacial score (nSPS) is 11.7. The van der Waals surface area contributed by atoms with E-state index in [9.17, 15) is 9.59 Å². The van der Waals surface area contributed by atoms with Gasteiger partial charge < -0.3 is 14.5 Å². The highest BCUT2D eigenvalue weighted by molar-refractivity contribution is 5.96. The van der Waals surface area contributed by atoms with Crippen molar-refractivity contribution in [2.75, 3.05) is 5.32 Å². The Morgan fingerprint density at radius 1 is 1.10 bits per heavy atom. The second-order valence-electron chi connectivity index (χ2n) is 7.38. The van der Waals surface area contributed by atoms with Gasteiger partial charge in [-0.05, 0) is 38.8 Å². The fourth-order valence-electron chi connectivity index (χ4n) is 3.28. The van der Waals surface area contributed by atoms with Gasteiger partial charge in [-0.15, -0.1) is 0 Å². The number of esters is 1. The van der Waals surface area contributed by atoms with Crippen LogP contribution in [0.1, 0.15) is 35.9 Å². The fourth-order valence-corrected chi connectivity index (χ4v) is 3.28. The van der Waals surface area contributed by atoms with E-state index in [-0.39, 0.29) is 12.3 Å². The van der Waals surface area contributed by atoms with Crippen LogP contribution in [0.3, 0.4) is 0 Å². The third kappa shape index (κ3) is 5.35. The van der Waals surface area contributed by atoms with Gasteiger partial charge in [-0.25, -0.2) is 4.98 Å². The lowest BCUT2D eigenvalue weighted by atomic mass is 10.0. The number of nitrogens with one attached hydrogen (secondary N) is 1. The maximum absolute atomic E-state index is 12.5. The first kappa shape index (κ1) is 21.3. The number of ether oxygens (including phenoxy) is 1. The molecule has 1 unspecified atom stereocenters. The van der Waals surface area contributed by atoms with Gasteiger partial charge in [-0.2, -0.15) is 0 Å². The summed E-state index contributed by atoms with van der Waals surface area (Å²) in [6, 6.07) is 13.6. The van der Waals surface area contributed by atoms with Crippen LogP contribution in [0.15, 0.2) is 53.1 Å². The highest BCUT2D eigenvalue weighted by Crippen LogP contribution is 2.23. The van der Waals surface area contributed by atoms with Gasteiger partial charge in [0.05, 0.1) is 12.6 Å². The van der Waals surface area contributed by atoms with Crippen molar-refractivity contribution >= 4 is 17.6 Å². The number of anilines is 1. The zero-order chi connectivity index (χ0) is 21.7. The first-order valence-corrected chi connectivity index (χ1v) is 9.92. The number of rotatable bonds is 7. The van der Waals surface area contributed by atoms with E-state index >= 15 is 0 Å². The Morgan fingerprint density at radius 2 is 1.77 bits per heavy atom. The smallest absolute Gasteiger partial charge is 0.307 e. The maximum Gasteiger partial charge on any atom is 0.307 e. The van der Waals surface area contributed by atoms with E-state index in [1.807, 2.05) is 63.2 Å². The Kier molecular flexibility index (Phi) is 6.67. The average molecular weight is 406 g/mol. The standard InChI is InChI=1S/C24H26N2O4/c1-15-12-16(2)23(17(3)13-15)26-24(28)18(4)29-22(27)11-10-21-25-14-20(30-21)19-8-6-5-7-9-19/h5-9,12-14,18H,10-11H2,1-4H3,(H,26,28). The van der Waals surface area contributed by atoms with Gasteiger partial charge in [0.25, 0.3) is 5.91 Å². The topological polar surface area (TPSA) is 81.4 Å². The van der Waals surface area contributed by atoms with Crippen LogP contribution in [0.25, 0.3) is 11.3 Å². The van der Waals surface area contributed by atoms with Crippen molar-refractivity contribution in [3.63, 3.8) is 0 Å². The van der Waals surface area contributed by atoms with Crippen molar-refractivity contribution in [3.8, 4) is 11.3 Å². The molecule has 1 aromatic heterocycles. The molecule has 0 spiro atoms. The van der Waals surface area contributed by atoms with E-state index in [2.05, 4.69) is 10.3 Å². The summed E-state index contributed by atoms with van der Waals surface area (Å²) in [5, 5.41) is 2.86. The fraction of sp³-hybridized carbons (Fsp3) is 0.292. The molecule has 0 radical (unpaired) electrons. The number of oxazole rings is 1. The van der Waals surface area contributed by atoms with Crippen LogP contribution in [-0.4, -0.2) is 23.0 Å². The Labute approximate surface area is 176 Å². The summed E-state index contributed by atoms with van der Waals surface area (Å²) < 4.78 is 11.0. The van der Waals surface area contributed by atoms with Crippen molar-refractivity contribution in [3.05, 3.63) is 71.2 Å². The Balaban J connectivity index is 1.51. The number of aryl methyl sites for hydroxylation is 4. The number of hydrogen-bond donors (Lipinski definition) is 1. The van der Waals surface area contributed by atoms with E-state index in [0.717, 1.165) is 27.9 Å². The molecular weight excluding hydrogens is 380 g/mol. The molecule has 0 aliphatic heterocycles. The Bertz CT molecular complexity index is 1020. The summed E-state index contributed by atoms with van der Waals surface area (Å²) in [5.41, 5.74) is 4.74. The van der Waals surface area contributed by atoms with E-state index in [0.29, 0.717) is 18.1 Å². The second-order valence-corrected chi connectivity index (χ2v) is 7.38. The molecule has 1 N–H and O–H groups in total. The average Bonchev–Trinajstić information content (AvgIpc) is 3.18. The molecule has 3 rings (SSSR count). The monoisotopic (exact) mass is 406 g/mol. The van der Waals surface area contributed by atoms with E-state index in [4.69, 9.17) is 9.15 Å². The van der Waals surface area contributed by atoms with Crippen molar-refractivity contribution < 1.29 is 18.7 Å². The Hall–Kier alpha value is -3.41. The van der Waals surface area contributed by atoms with Crippen LogP contribution in [-0.2, 0) is 20.7 Å². The van der Waals surface area contributed by atoms with Crippen molar-refractivity contribution in [1.29, 1.82) is 0 Å². The number of benzene rings is 2. The number of hydrogen-bond acceptors (Lipinski definition) is 5. The van der Waals surface area contributed by atoms with Crippen LogP contribution >= 0.6 is 0 Å². The number of carbonyl (C=O) groups excluding carboxylic acids is 2. The summed E-state index contributed by atoms with van der Waals surface area (Å²) in [6.07, 6.45) is 1.12. The van der Waals surface area contributed by atoms with E-state index in [1.165, 1.54) is 0 Å². The molecule has 6 heteroatoms. The molecule has 0 aliphatic carbocycles. The minimum atomic E-state index is -0.901. The second kappa shape index (κ2) is 9.39. The molecule has 156 valence electrons. The summed E-state index contributed by atoms with van der Waals surface area (Å²) in [5.74, 6) is 0.264. The Morgan fingerprint density at radius 3 is 2.43 bits per heavy atom. The number of carbonyl (C=O) groups is 2. The molecule has 1 amide bonds. The zero-order valence-corrected chi connectivity index (χ0v) is 17.7. The van der Waals surface area contributed by atoms with Crippen LogP contribution < -0.4 is 5.32 Å². The van der Waals surface area contributed by atoms with E-state index < -0.39 is 12.1 Å². The molecule has 30 heavy (non-hydrogen) atoms. The predicted octanol–water partition coefficient (Wildman–Crippen LogP) is 4.77. The minimum Gasteiger partial charge on any atom is -0.453 e. The molecule has 3 aromatic rings. The SMILES string of the molecule is Cc1cc(C)c(NC(=O)C(C)OC(=O)CCc2ncc(-c3ccccc3)o2)c(C)c1. The summed E-state index contributed by atoms with van der Waals surface area (Å²) in [4.78, 5) is 28.8. The van der Waals surface area contributed by atoms with Gasteiger partial charge in [-0.1, -0.05) is 48.0 Å². The molecule has 1 atom stereocenters. The quantitative estimate of drug-likeness (QED) is 0.572. The lowest BCUT2D eigenvalue weighted by molar-refractivity contribution is -0.153. The highest BCUT2D eigenvalue weighted by Gasteiger charge is 2.20. The van der Waals surface area contributed by atoms with Crippen molar-refractivity contribution in [2.45, 2.75) is 46.6 Å². The van der Waals surface area contributed by atoms with Crippen LogP contribution in [0.4, 0.5) is 5.69 Å². The summed E-state index contributed by atoms with van der Waals surface area (Å²) >= 11 is 0. The highest BCUT2D eigenvalue weighted by atomic mass is 16.5. The first-order valence-electron chi connectivity index (χ1n) is 9.92. The first-order chi connectivity index (χ1) is 14.3. The molecule has 0 saturated carbocycles. The molecule has 0 fully saturated rings. The van der Waals surface area contributed by atoms with Crippen molar-refractivity contribution in [2.24, 2.45) is 0 Å². The van der Waals surface area contributed by atoms with Gasteiger partial charge in [0.15, 0.2) is 17.8 Å². The number of amides is 1. The maximum atomic E-state index is 12.5. The third-order valence-electron chi connectivity index (χ3n) is 4.76. The van der Waals surface area contributed by atoms with Crippen LogP contribution in [0.2, 0.25) is 0 Å². The molecule has 6 nitrogen and oxygen atoms in total. The van der Waals surface area contributed by atoms with E-state index in [1.54, 1.807) is 13.1 Å². The lowest BCUT2D eigenvalue weighted by Gasteiger charge is -2.16. The molecule has 2 aromatic carbocycles. The number of aromatic nitrogens is 1. The molecule has 0 saturated heterocycles. The predicted molar refractivity (Wildman–Crippen MR) is 115 cm³/mol. The number of nitrogens with zero attached hydrogens (tertiary/aromatic N) is 1. The molecule has 0 bridgehead atoms. The van der Waals surface area contributed by atoms with Gasteiger partial charge >= 0.3 is 5.97 Å². The largest absolute Gasteiger partial charge is 0.453 e. The molecular formula is C24H26N2O4. The third-order valence-corrected chi connectivity index (χ3v) is 4.76. The lowest BCUT2D eigenvalue weighted by Crippen LogP contribution is -2.30. The van der Waals surface area contributed by atoms with Gasteiger partial charge in [0, 0.05) is 17.7 Å². The van der Waals surface area contributed by atoms with Crippen LogP contribution in [0, 0.1) is 20.8 Å². The zero-order valence-electron chi connectivity index (χ0n) is 17.7. The van der Waals surface area contributed by atoms with Gasteiger partial charge in [0.2, 0.25) is 0 Å². The minimum absolute atomic E-state index is 0.0783. The van der Waals surface area contributed by atoms with Crippen LogP contribution in [0.5, 0.6) is 0 Å². The summed E-state index contributed by atoms with van der Waals surface area (Å²) in [7, 11) is 0. The molecule has 0 aliphatic rings. The van der Waals surface area contributed by atoms with Gasteiger partial charge in [-0.3, -0.25) is 9.59 Å². The van der Waals surface area contributed by atoms with Crippen molar-refractivity contribution in [1.82, 2.24) is 4.98 Å². The van der Waals surface area contributed by atoms with Gasteiger partial charge in [0.1, 0.15) is 0 Å². The summed E-state index contributed by atoms with van der Waals surface area (Å²) in [6.45, 7) is 7.44.